The molecule has 17 rings (SSSR count). The number of aromatic nitrogens is 5. The molecule has 14 aromatic carbocycles. The fourth-order valence-corrected chi connectivity index (χ4v) is 13.9. The molecule has 0 amide bonds. The summed E-state index contributed by atoms with van der Waals surface area (Å²) in [5.74, 6) is 1.24. The zero-order valence-corrected chi connectivity index (χ0v) is 52.8. The van der Waals surface area contributed by atoms with E-state index in [0.29, 0.717) is 34.2 Å². The van der Waals surface area contributed by atoms with Crippen molar-refractivity contribution < 1.29 is 0 Å². The fourth-order valence-electron chi connectivity index (χ4n) is 13.9. The lowest BCUT2D eigenvalue weighted by Crippen LogP contribution is -2.06. The van der Waals surface area contributed by atoms with Crippen LogP contribution in [0, 0.1) is 34.0 Å². The molecule has 0 saturated carbocycles. The average molecular weight is 1250 g/mol. The molecule has 17 aromatic rings. The first kappa shape index (κ1) is 58.0. The van der Waals surface area contributed by atoms with Gasteiger partial charge in [0.1, 0.15) is 0 Å². The molecule has 0 unspecified atom stereocenters. The monoisotopic (exact) mass is 1250 g/mol. The SMILES string of the molecule is N#Cc1cccc(-c2ccc(-c3nc(-c4ccccc4-c4cccc(C#N)c4)nc(-c4ccc(-c5cccc(C#N)c5)cc4-n4c5ccc(-c6ccccc6)cc5c5cc(-c6ccccc6)ccc54)n3)c(-n3c4ccc(-c5ccccc5)cc4c4cc(-c5ccccc5)ccc43)c2)c1. The van der Waals surface area contributed by atoms with Crippen LogP contribution in [0.15, 0.2) is 328 Å². The standard InChI is InChI=1S/C90H54N8/c91-55-58-18-15-29-65(46-58)71-34-40-76(86(53-71)97-82-42-36-67(61-21-5-1-6-22-61)49-78(82)79-50-68(37-43-83(79)97)62-23-7-2-8-24-62)89-94-88(75-33-14-13-32-74(75)73-31-17-20-60(48-73)57-93)95-90(96-89)77-41-35-72(66-30-16-19-59(47-66)56-92)54-87(77)98-84-44-38-69(63-25-9-3-10-26-63)51-80(84)81-52-70(39-45-85(81)98)64-27-11-4-12-28-64/h1-54H. The van der Waals surface area contributed by atoms with Gasteiger partial charge < -0.3 is 9.13 Å². The average Bonchev–Trinajstić information content (AvgIpc) is 1.61. The summed E-state index contributed by atoms with van der Waals surface area (Å²) in [6.07, 6.45) is 0. The van der Waals surface area contributed by atoms with Crippen LogP contribution in [0.25, 0.3) is 167 Å². The van der Waals surface area contributed by atoms with Gasteiger partial charge in [0.05, 0.1) is 68.3 Å². The Hall–Kier alpha value is -13.8. The Labute approximate surface area is 566 Å². The van der Waals surface area contributed by atoms with E-state index in [1.807, 2.05) is 115 Å². The quantitative estimate of drug-likeness (QED) is 0.120. The van der Waals surface area contributed by atoms with Crippen molar-refractivity contribution in [3.05, 3.63) is 344 Å². The van der Waals surface area contributed by atoms with E-state index in [-0.39, 0.29) is 0 Å². The van der Waals surface area contributed by atoms with Gasteiger partial charge in [-0.3, -0.25) is 0 Å². The zero-order chi connectivity index (χ0) is 65.6. The number of hydrogen-bond donors (Lipinski definition) is 0. The van der Waals surface area contributed by atoms with Crippen LogP contribution in [0.2, 0.25) is 0 Å². The van der Waals surface area contributed by atoms with Gasteiger partial charge in [0, 0.05) is 38.2 Å². The fraction of sp³-hybridized carbons (Fsp3) is 0. The molecule has 0 aliphatic carbocycles. The van der Waals surface area contributed by atoms with Crippen molar-refractivity contribution in [2.75, 3.05) is 0 Å². The van der Waals surface area contributed by atoms with E-state index in [1.165, 1.54) is 0 Å². The van der Waals surface area contributed by atoms with Crippen molar-refractivity contribution in [2.45, 2.75) is 0 Å². The predicted molar refractivity (Wildman–Crippen MR) is 397 cm³/mol. The molecule has 0 spiro atoms. The van der Waals surface area contributed by atoms with Gasteiger partial charge in [0.15, 0.2) is 17.5 Å². The molecule has 8 nitrogen and oxygen atoms in total. The van der Waals surface area contributed by atoms with Crippen molar-refractivity contribution in [2.24, 2.45) is 0 Å². The normalized spacial score (nSPS) is 11.2. The van der Waals surface area contributed by atoms with E-state index in [0.717, 1.165) is 150 Å². The van der Waals surface area contributed by atoms with Crippen molar-refractivity contribution in [1.82, 2.24) is 24.1 Å². The summed E-state index contributed by atoms with van der Waals surface area (Å²) in [6.45, 7) is 0. The van der Waals surface area contributed by atoms with Crippen molar-refractivity contribution in [1.29, 1.82) is 15.8 Å². The van der Waals surface area contributed by atoms with Gasteiger partial charge in [0.2, 0.25) is 0 Å². The molecule has 0 N–H and O–H groups in total. The highest BCUT2D eigenvalue weighted by atomic mass is 15.1. The van der Waals surface area contributed by atoms with Crippen LogP contribution in [0.4, 0.5) is 0 Å². The first-order valence-corrected chi connectivity index (χ1v) is 32.5. The smallest absolute Gasteiger partial charge is 0.166 e. The molecule has 3 aromatic heterocycles. The molecule has 98 heavy (non-hydrogen) atoms. The van der Waals surface area contributed by atoms with Crippen molar-refractivity contribution >= 4 is 43.6 Å². The molecule has 0 atom stereocenters. The van der Waals surface area contributed by atoms with Crippen molar-refractivity contribution in [3.63, 3.8) is 0 Å². The van der Waals surface area contributed by atoms with Crippen LogP contribution >= 0.6 is 0 Å². The van der Waals surface area contributed by atoms with E-state index in [9.17, 15) is 15.8 Å². The van der Waals surface area contributed by atoms with E-state index in [2.05, 4.69) is 240 Å². The molecule has 0 saturated heterocycles. The van der Waals surface area contributed by atoms with Crippen LogP contribution in [0.5, 0.6) is 0 Å². The summed E-state index contributed by atoms with van der Waals surface area (Å²) in [5, 5.41) is 35.1. The molecule has 454 valence electrons. The Morgan fingerprint density at radius 1 is 0.204 bits per heavy atom. The second-order valence-corrected chi connectivity index (χ2v) is 24.5. The number of hydrogen-bond acceptors (Lipinski definition) is 6. The van der Waals surface area contributed by atoms with Crippen LogP contribution < -0.4 is 0 Å². The first-order valence-electron chi connectivity index (χ1n) is 32.5. The van der Waals surface area contributed by atoms with Crippen LogP contribution in [-0.4, -0.2) is 24.1 Å². The Morgan fingerprint density at radius 2 is 0.469 bits per heavy atom. The highest BCUT2D eigenvalue weighted by Gasteiger charge is 2.26. The Balaban J connectivity index is 0.975. The Bertz CT molecular complexity index is 5630. The second kappa shape index (κ2) is 24.6. The second-order valence-electron chi connectivity index (χ2n) is 24.5. The van der Waals surface area contributed by atoms with Gasteiger partial charge in [0.25, 0.3) is 0 Å². The van der Waals surface area contributed by atoms with Crippen LogP contribution in [-0.2, 0) is 0 Å². The minimum Gasteiger partial charge on any atom is -0.308 e. The first-order chi connectivity index (χ1) is 48.4. The van der Waals surface area contributed by atoms with E-state index in [1.54, 1.807) is 0 Å². The lowest BCUT2D eigenvalue weighted by Gasteiger charge is -2.19. The van der Waals surface area contributed by atoms with Gasteiger partial charge in [-0.05, 0) is 187 Å². The Morgan fingerprint density at radius 3 is 0.816 bits per heavy atom. The number of benzene rings is 14. The number of nitriles is 3. The third-order valence-electron chi connectivity index (χ3n) is 18.7. The third-order valence-corrected chi connectivity index (χ3v) is 18.7. The molecule has 0 aliphatic heterocycles. The molecular formula is C90H54N8. The largest absolute Gasteiger partial charge is 0.308 e. The van der Waals surface area contributed by atoms with Gasteiger partial charge in [-0.25, -0.2) is 15.0 Å². The van der Waals surface area contributed by atoms with Crippen LogP contribution in [0.3, 0.4) is 0 Å². The summed E-state index contributed by atoms with van der Waals surface area (Å²) < 4.78 is 4.68. The summed E-state index contributed by atoms with van der Waals surface area (Å²) >= 11 is 0. The topological polar surface area (TPSA) is 120 Å². The van der Waals surface area contributed by atoms with E-state index >= 15 is 0 Å². The molecule has 8 heteroatoms. The minimum absolute atomic E-state index is 0.411. The molecular weight excluding hydrogens is 1190 g/mol. The summed E-state index contributed by atoms with van der Waals surface area (Å²) in [5.41, 5.74) is 23.3. The van der Waals surface area contributed by atoms with E-state index in [4.69, 9.17) is 15.0 Å². The number of nitrogens with zero attached hydrogens (tertiary/aromatic N) is 8. The molecule has 0 radical (unpaired) electrons. The molecule has 0 bridgehead atoms. The molecule has 0 fully saturated rings. The van der Waals surface area contributed by atoms with Gasteiger partial charge in [-0.15, -0.1) is 0 Å². The summed E-state index contributed by atoms with van der Waals surface area (Å²) in [6, 6.07) is 120. The molecule has 3 heterocycles. The summed E-state index contributed by atoms with van der Waals surface area (Å²) in [7, 11) is 0. The maximum absolute atomic E-state index is 10.3. The highest BCUT2D eigenvalue weighted by molar-refractivity contribution is 6.14. The Kier molecular flexibility index (Phi) is 14.5. The van der Waals surface area contributed by atoms with Crippen molar-refractivity contribution in [3.8, 4) is 142 Å². The van der Waals surface area contributed by atoms with E-state index < -0.39 is 0 Å². The maximum atomic E-state index is 10.3. The predicted octanol–water partition coefficient (Wildman–Crippen LogP) is 22.4. The minimum atomic E-state index is 0.411. The van der Waals surface area contributed by atoms with Gasteiger partial charge >= 0.3 is 0 Å². The highest BCUT2D eigenvalue weighted by Crippen LogP contribution is 2.45. The lowest BCUT2D eigenvalue weighted by molar-refractivity contribution is 1.06. The maximum Gasteiger partial charge on any atom is 0.166 e. The van der Waals surface area contributed by atoms with Gasteiger partial charge in [-0.1, -0.05) is 218 Å². The summed E-state index contributed by atoms with van der Waals surface area (Å²) in [4.78, 5) is 17.1. The van der Waals surface area contributed by atoms with Gasteiger partial charge in [-0.2, -0.15) is 15.8 Å². The third kappa shape index (κ3) is 10.5. The number of rotatable bonds is 12. The van der Waals surface area contributed by atoms with Crippen LogP contribution in [0.1, 0.15) is 16.7 Å². The number of fused-ring (bicyclic) bond motifs is 6. The zero-order valence-electron chi connectivity index (χ0n) is 52.8. The lowest BCUT2D eigenvalue weighted by atomic mass is 9.97. The molecule has 0 aliphatic rings.